The summed E-state index contributed by atoms with van der Waals surface area (Å²) in [5.74, 6) is -7.84. The van der Waals surface area contributed by atoms with E-state index in [1.807, 2.05) is 41.5 Å². The van der Waals surface area contributed by atoms with Gasteiger partial charge in [0.05, 0.1) is 26.1 Å². The number of hydrogen-bond donors (Lipinski definition) is 4. The third-order valence-corrected chi connectivity index (χ3v) is 20.8. The van der Waals surface area contributed by atoms with Crippen LogP contribution in [0, 0.1) is 29.6 Å². The Morgan fingerprint density at radius 2 is 1.14 bits per heavy atom. The van der Waals surface area contributed by atoms with Crippen LogP contribution in [0.15, 0.2) is 0 Å². The monoisotopic (exact) mass is 1410 g/mol. The van der Waals surface area contributed by atoms with Gasteiger partial charge in [0, 0.05) is 66.3 Å². The van der Waals surface area contributed by atoms with E-state index in [2.05, 4.69) is 43.9 Å². The summed E-state index contributed by atoms with van der Waals surface area (Å²) >= 11 is 2.41. The van der Waals surface area contributed by atoms with Crippen molar-refractivity contribution in [2.75, 3.05) is 82.1 Å². The van der Waals surface area contributed by atoms with Crippen LogP contribution in [-0.4, -0.2) is 244 Å². The lowest BCUT2D eigenvalue weighted by Gasteiger charge is -2.39. The third kappa shape index (κ3) is 22.5. The minimum atomic E-state index is -1.65. The van der Waals surface area contributed by atoms with Crippen LogP contribution < -0.4 is 21.3 Å². The Hall–Kier alpha value is -5.63. The van der Waals surface area contributed by atoms with Gasteiger partial charge in [-0.1, -0.05) is 129 Å². The van der Waals surface area contributed by atoms with E-state index in [1.54, 1.807) is 11.8 Å². The van der Waals surface area contributed by atoms with Crippen LogP contribution in [0.4, 0.5) is 0 Å². The molecule has 2 heterocycles. The molecular formula is C67H115IN12O12. The number of carbonyl (C=O) groups is 12. The molecule has 2 aliphatic carbocycles. The van der Waals surface area contributed by atoms with Gasteiger partial charge in [0.15, 0.2) is 0 Å². The highest BCUT2D eigenvalue weighted by Gasteiger charge is 2.45. The smallest absolute Gasteiger partial charge is 0.246 e. The van der Waals surface area contributed by atoms with Gasteiger partial charge in [-0.15, -0.1) is 0 Å². The number of nitrogens with zero attached hydrogens (tertiary/aromatic N) is 8. The van der Waals surface area contributed by atoms with Gasteiger partial charge in [-0.3, -0.25) is 57.5 Å². The minimum absolute atomic E-state index is 0.0512. The molecule has 12 amide bonds. The van der Waals surface area contributed by atoms with Crippen LogP contribution in [0.25, 0.3) is 0 Å². The summed E-state index contributed by atoms with van der Waals surface area (Å²) in [7, 11) is 10.1. The molecule has 4 rings (SSSR count). The van der Waals surface area contributed by atoms with Gasteiger partial charge in [-0.2, -0.15) is 0 Å². The van der Waals surface area contributed by atoms with Crippen molar-refractivity contribution in [3.8, 4) is 0 Å². The Bertz CT molecular complexity index is 2560. The second-order valence-electron chi connectivity index (χ2n) is 28.4. The summed E-state index contributed by atoms with van der Waals surface area (Å²) in [4.78, 5) is 186. The van der Waals surface area contributed by atoms with Crippen molar-refractivity contribution < 1.29 is 57.5 Å². The van der Waals surface area contributed by atoms with Crippen LogP contribution in [0.5, 0.6) is 0 Å². The molecular weight excluding hydrogens is 1290 g/mol. The molecule has 4 aliphatic rings. The first kappa shape index (κ1) is 78.8. The average Bonchev–Trinajstić information content (AvgIpc) is 0.865. The highest BCUT2D eigenvalue weighted by atomic mass is 127. The average molecular weight is 1410 g/mol. The zero-order valence-electron chi connectivity index (χ0n) is 58.5. The van der Waals surface area contributed by atoms with E-state index >= 15 is 4.79 Å². The van der Waals surface area contributed by atoms with Crippen LogP contribution in [0.2, 0.25) is 0 Å². The van der Waals surface area contributed by atoms with Crippen molar-refractivity contribution in [2.24, 2.45) is 29.6 Å². The van der Waals surface area contributed by atoms with E-state index in [9.17, 15) is 52.7 Å². The molecule has 4 N–H and O–H groups in total. The molecule has 25 heteroatoms. The fourth-order valence-electron chi connectivity index (χ4n) is 13.0. The van der Waals surface area contributed by atoms with Gasteiger partial charge in [-0.25, -0.2) is 0 Å². The molecule has 2 aliphatic heterocycles. The topological polar surface area (TPSA) is 279 Å². The van der Waals surface area contributed by atoms with Crippen molar-refractivity contribution in [2.45, 2.75) is 242 Å². The van der Waals surface area contributed by atoms with E-state index in [4.69, 9.17) is 0 Å². The Kier molecular flexibility index (Phi) is 31.6. The maximum Gasteiger partial charge on any atom is 0.246 e. The lowest BCUT2D eigenvalue weighted by Crippen LogP contribution is -2.63. The quantitative estimate of drug-likeness (QED) is 0.136. The predicted molar refractivity (Wildman–Crippen MR) is 361 cm³/mol. The lowest BCUT2D eigenvalue weighted by atomic mass is 9.84. The number of hydrogen-bond acceptors (Lipinski definition) is 12. The molecule has 4 fully saturated rings. The minimum Gasteiger partial charge on any atom is -0.343 e. The molecule has 2 saturated heterocycles. The first-order valence-electron chi connectivity index (χ1n) is 34.1. The molecule has 0 aromatic carbocycles. The van der Waals surface area contributed by atoms with E-state index in [0.29, 0.717) is 55.5 Å². The first-order valence-corrected chi connectivity index (χ1v) is 35.3. The molecule has 0 radical (unpaired) electrons. The van der Waals surface area contributed by atoms with Gasteiger partial charge in [0.2, 0.25) is 70.9 Å². The fourth-order valence-corrected chi connectivity index (χ4v) is 14.2. The molecule has 0 bridgehead atoms. The van der Waals surface area contributed by atoms with E-state index < -0.39 is 151 Å². The van der Waals surface area contributed by atoms with Crippen LogP contribution >= 0.6 is 22.6 Å². The van der Waals surface area contributed by atoms with E-state index in [1.165, 1.54) is 97.5 Å². The molecule has 2 saturated carbocycles. The number of unbranched alkanes of at least 4 members (excludes halogenated alkanes) is 1. The lowest BCUT2D eigenvalue weighted by molar-refractivity contribution is -0.152. The number of halogens is 1. The normalized spacial score (nSPS) is 28.0. The fraction of sp³-hybridized carbons (Fsp3) is 0.821. The summed E-state index contributed by atoms with van der Waals surface area (Å²) in [6, 6.07) is -8.24. The molecule has 24 nitrogen and oxygen atoms in total. The molecule has 522 valence electrons. The summed E-state index contributed by atoms with van der Waals surface area (Å²) < 4.78 is 0.352. The number of likely N-dealkylation sites (N-methyl/N-ethyl adjacent to an activating group) is 7. The number of piperidine rings is 1. The highest BCUT2D eigenvalue weighted by molar-refractivity contribution is 14.1. The SMILES string of the molecule is CCCC[C@@H]1NC(=O)[C@H](CC2CCCC(I)C2)NC(=O)CN(C)C(=O)[C@H](CC2CCCC2)N(C)C(=O)CN(C)C(=O)CN(C)C(=O)[C@H]([C@@H](C)CC)NC(=O)[C@H](CC(C)C)N(C)C(=O)C[C@@H](C(=O)N2CCCCC2)N(C)C(=O)[C@H](CC(C)C)NC(=O)C(C)(C)N(C)C1=O. The second-order valence-corrected chi connectivity index (χ2v) is 30.2. The number of nitrogens with one attached hydrogen (secondary N) is 4. The maximum absolute atomic E-state index is 15.1. The Labute approximate surface area is 562 Å². The van der Waals surface area contributed by atoms with Crippen LogP contribution in [0.1, 0.15) is 191 Å². The predicted octanol–water partition coefficient (Wildman–Crippen LogP) is 4.73. The zero-order chi connectivity index (χ0) is 69.1. The van der Waals surface area contributed by atoms with Crippen molar-refractivity contribution in [1.82, 2.24) is 60.5 Å². The summed E-state index contributed by atoms with van der Waals surface area (Å²) in [6.45, 7) is 15.5. The van der Waals surface area contributed by atoms with Gasteiger partial charge in [0.25, 0.3) is 0 Å². The van der Waals surface area contributed by atoms with Gasteiger partial charge >= 0.3 is 0 Å². The van der Waals surface area contributed by atoms with Gasteiger partial charge < -0.3 is 60.5 Å². The zero-order valence-corrected chi connectivity index (χ0v) is 60.7. The molecule has 2 unspecified atom stereocenters. The summed E-state index contributed by atoms with van der Waals surface area (Å²) in [5.41, 5.74) is -1.65. The van der Waals surface area contributed by atoms with E-state index in [-0.39, 0.29) is 49.4 Å². The number of rotatable bonds is 14. The number of alkyl halides is 1. The Morgan fingerprint density at radius 1 is 0.554 bits per heavy atom. The standard InChI is InChI=1S/C67H115IN12O12/c1-17-19-30-48-62(88)79(16)67(8,9)66(92)71-50(33-42(3)4)61(87)78(15)53(64(90)80-31-23-20-24-32-80)38-55(82)76(13)51(34-43(5)6)60(86)72-58(44(7)18-2)65(91)75(12)40-56(83)73(10)41-57(84)77(14)52(37-45-26-21-22-27-45)63(89)74(11)39-54(81)69-49(59(85)70-48)36-46-28-25-29-47(68)35-46/h42-53,58H,17-41H2,1-16H3,(H,69,81)(H,70,85)(H,71,92)(H,72,86)/t44-,46?,47?,48-,49-,50-,51-,52-,53-,58-/m0/s1. The second kappa shape index (κ2) is 36.9. The molecule has 0 spiro atoms. The molecule has 0 aromatic rings. The molecule has 10 atom stereocenters. The number of amides is 12. The third-order valence-electron chi connectivity index (χ3n) is 19.7. The van der Waals surface area contributed by atoms with Crippen LogP contribution in [0.3, 0.4) is 0 Å². The molecule has 0 aromatic heterocycles. The van der Waals surface area contributed by atoms with E-state index in [0.717, 1.165) is 57.8 Å². The number of likely N-dealkylation sites (tertiary alicyclic amines) is 1. The van der Waals surface area contributed by atoms with Gasteiger partial charge in [-0.05, 0) is 108 Å². The largest absolute Gasteiger partial charge is 0.343 e. The summed E-state index contributed by atoms with van der Waals surface area (Å²) in [5, 5.41) is 11.7. The van der Waals surface area contributed by atoms with Crippen molar-refractivity contribution in [3.63, 3.8) is 0 Å². The number of carbonyl (C=O) groups excluding carboxylic acids is 12. The summed E-state index contributed by atoms with van der Waals surface area (Å²) in [6.07, 6.45) is 11.6. The van der Waals surface area contributed by atoms with Crippen LogP contribution in [-0.2, 0) is 57.5 Å². The van der Waals surface area contributed by atoms with Crippen molar-refractivity contribution >= 4 is 93.5 Å². The van der Waals surface area contributed by atoms with Crippen molar-refractivity contribution in [3.05, 3.63) is 0 Å². The van der Waals surface area contributed by atoms with Crippen molar-refractivity contribution in [1.29, 1.82) is 0 Å². The molecule has 92 heavy (non-hydrogen) atoms. The Morgan fingerprint density at radius 3 is 1.73 bits per heavy atom. The first-order chi connectivity index (χ1) is 43.1. The Balaban J connectivity index is 1.85. The van der Waals surface area contributed by atoms with Gasteiger partial charge in [0.1, 0.15) is 47.8 Å². The highest BCUT2D eigenvalue weighted by Crippen LogP contribution is 2.33. The maximum atomic E-state index is 15.1.